The predicted octanol–water partition coefficient (Wildman–Crippen LogP) is 3.42. The molecule has 0 unspecified atom stereocenters. The lowest BCUT2D eigenvalue weighted by Gasteiger charge is -2.24. The fourth-order valence-corrected chi connectivity index (χ4v) is 5.10. The normalized spacial score (nSPS) is 16.1. The van der Waals surface area contributed by atoms with Gasteiger partial charge in [0.15, 0.2) is 4.80 Å². The van der Waals surface area contributed by atoms with Gasteiger partial charge in [0.1, 0.15) is 5.82 Å². The highest BCUT2D eigenvalue weighted by Crippen LogP contribution is 2.30. The maximum Gasteiger partial charge on any atom is 0.338 e. The van der Waals surface area contributed by atoms with Crippen LogP contribution < -0.4 is 14.9 Å². The van der Waals surface area contributed by atoms with Gasteiger partial charge < -0.3 is 9.72 Å². The summed E-state index contributed by atoms with van der Waals surface area (Å²) in [5.41, 5.74) is 2.84. The van der Waals surface area contributed by atoms with E-state index in [1.165, 1.54) is 28.0 Å². The number of nitrogens with one attached hydrogen (secondary N) is 1. The SMILES string of the molecule is CCOC(=O)C1=C(C)N=c2sc(=Cc3cc4ccccc4[nH]3)c(=O)n2[C@@H]1c1ccc(F)cc1. The van der Waals surface area contributed by atoms with E-state index in [1.54, 1.807) is 32.1 Å². The summed E-state index contributed by atoms with van der Waals surface area (Å²) in [4.78, 5) is 34.7. The van der Waals surface area contributed by atoms with Crippen LogP contribution >= 0.6 is 11.3 Å². The Morgan fingerprint density at radius 1 is 1.24 bits per heavy atom. The molecule has 5 rings (SSSR count). The van der Waals surface area contributed by atoms with Crippen LogP contribution in [0.25, 0.3) is 17.0 Å². The number of hydrogen-bond acceptors (Lipinski definition) is 5. The fourth-order valence-electron chi connectivity index (χ4n) is 4.07. The molecule has 2 aromatic heterocycles. The lowest BCUT2D eigenvalue weighted by atomic mass is 9.96. The number of nitrogens with zero attached hydrogens (tertiary/aromatic N) is 2. The van der Waals surface area contributed by atoms with Gasteiger partial charge in [-0.3, -0.25) is 9.36 Å². The van der Waals surface area contributed by atoms with E-state index in [0.717, 1.165) is 16.6 Å². The van der Waals surface area contributed by atoms with Crippen LogP contribution in [0.4, 0.5) is 4.39 Å². The second-order valence-electron chi connectivity index (χ2n) is 7.67. The van der Waals surface area contributed by atoms with Crippen molar-refractivity contribution >= 4 is 34.3 Å². The topological polar surface area (TPSA) is 76.4 Å². The smallest absolute Gasteiger partial charge is 0.338 e. The molecule has 0 saturated heterocycles. The van der Waals surface area contributed by atoms with Crippen LogP contribution in [-0.4, -0.2) is 22.1 Å². The second kappa shape index (κ2) is 8.29. The Labute approximate surface area is 192 Å². The van der Waals surface area contributed by atoms with Crippen molar-refractivity contribution in [2.24, 2.45) is 4.99 Å². The largest absolute Gasteiger partial charge is 0.463 e. The average Bonchev–Trinajstić information content (AvgIpc) is 3.34. The first-order valence-corrected chi connectivity index (χ1v) is 11.3. The van der Waals surface area contributed by atoms with Crippen molar-refractivity contribution in [2.75, 3.05) is 6.61 Å². The Morgan fingerprint density at radius 2 is 2.00 bits per heavy atom. The minimum Gasteiger partial charge on any atom is -0.463 e. The lowest BCUT2D eigenvalue weighted by molar-refractivity contribution is -0.139. The van der Waals surface area contributed by atoms with E-state index >= 15 is 0 Å². The van der Waals surface area contributed by atoms with E-state index in [4.69, 9.17) is 4.74 Å². The van der Waals surface area contributed by atoms with E-state index in [-0.39, 0.29) is 17.7 Å². The number of benzene rings is 2. The molecule has 0 saturated carbocycles. The highest BCUT2D eigenvalue weighted by atomic mass is 32.1. The van der Waals surface area contributed by atoms with E-state index in [1.807, 2.05) is 30.3 Å². The molecule has 0 fully saturated rings. The van der Waals surface area contributed by atoms with E-state index in [0.29, 0.717) is 20.6 Å². The van der Waals surface area contributed by atoms with Crippen molar-refractivity contribution in [2.45, 2.75) is 19.9 Å². The molecular formula is C25H20FN3O3S. The van der Waals surface area contributed by atoms with Crippen LogP contribution in [0.3, 0.4) is 0 Å². The van der Waals surface area contributed by atoms with Gasteiger partial charge in [-0.05, 0) is 55.1 Å². The molecule has 0 bridgehead atoms. The number of carbonyl (C=O) groups is 1. The zero-order valence-corrected chi connectivity index (χ0v) is 18.8. The third kappa shape index (κ3) is 3.72. The highest BCUT2D eigenvalue weighted by molar-refractivity contribution is 7.07. The highest BCUT2D eigenvalue weighted by Gasteiger charge is 2.33. The number of esters is 1. The van der Waals surface area contributed by atoms with Crippen molar-refractivity contribution in [3.63, 3.8) is 0 Å². The number of H-pyrrole nitrogens is 1. The molecule has 2 aromatic carbocycles. The molecule has 1 aliphatic rings. The molecule has 1 aliphatic heterocycles. The molecule has 166 valence electrons. The van der Waals surface area contributed by atoms with Gasteiger partial charge >= 0.3 is 5.97 Å². The Balaban J connectivity index is 1.72. The van der Waals surface area contributed by atoms with Gasteiger partial charge in [-0.25, -0.2) is 14.2 Å². The monoisotopic (exact) mass is 461 g/mol. The van der Waals surface area contributed by atoms with Gasteiger partial charge in [0, 0.05) is 11.2 Å². The summed E-state index contributed by atoms with van der Waals surface area (Å²) in [5.74, 6) is -0.943. The molecule has 6 nitrogen and oxygen atoms in total. The van der Waals surface area contributed by atoms with E-state index in [2.05, 4.69) is 9.98 Å². The van der Waals surface area contributed by atoms with Crippen molar-refractivity contribution in [3.8, 4) is 0 Å². The molecule has 1 atom stereocenters. The van der Waals surface area contributed by atoms with Crippen LogP contribution in [-0.2, 0) is 9.53 Å². The Morgan fingerprint density at radius 3 is 2.73 bits per heavy atom. The van der Waals surface area contributed by atoms with Crippen LogP contribution in [0.15, 0.2) is 75.7 Å². The van der Waals surface area contributed by atoms with E-state index < -0.39 is 17.8 Å². The van der Waals surface area contributed by atoms with Crippen molar-refractivity contribution < 1.29 is 13.9 Å². The predicted molar refractivity (Wildman–Crippen MR) is 125 cm³/mol. The molecule has 8 heteroatoms. The first-order chi connectivity index (χ1) is 16.0. The van der Waals surface area contributed by atoms with Crippen LogP contribution in [0, 0.1) is 5.82 Å². The van der Waals surface area contributed by atoms with Crippen molar-refractivity contribution in [1.29, 1.82) is 0 Å². The number of ether oxygens (including phenoxy) is 1. The molecule has 0 amide bonds. The lowest BCUT2D eigenvalue weighted by Crippen LogP contribution is -2.39. The van der Waals surface area contributed by atoms with Crippen molar-refractivity contribution in [3.05, 3.63) is 103 Å². The minimum atomic E-state index is -0.759. The van der Waals surface area contributed by atoms with Gasteiger partial charge in [-0.1, -0.05) is 41.7 Å². The molecule has 0 spiro atoms. The molecule has 33 heavy (non-hydrogen) atoms. The number of rotatable bonds is 4. The summed E-state index contributed by atoms with van der Waals surface area (Å²) < 4.78 is 20.9. The standard InChI is InChI=1S/C25H20FN3O3S/c1-3-32-24(31)21-14(2)27-25-29(22(21)15-8-10-17(26)11-9-15)23(30)20(33-25)13-18-12-16-6-4-5-7-19(16)28-18/h4-13,22,28H,3H2,1-2H3/t22-/m1/s1. The van der Waals surface area contributed by atoms with Crippen LogP contribution in [0.1, 0.15) is 31.1 Å². The van der Waals surface area contributed by atoms with Gasteiger partial charge in [-0.15, -0.1) is 0 Å². The first-order valence-electron chi connectivity index (χ1n) is 10.5. The maximum atomic E-state index is 13.6. The maximum absolute atomic E-state index is 13.6. The molecule has 0 aliphatic carbocycles. The summed E-state index contributed by atoms with van der Waals surface area (Å²) in [5, 5.41) is 1.04. The summed E-state index contributed by atoms with van der Waals surface area (Å²) in [7, 11) is 0. The number of hydrogen-bond donors (Lipinski definition) is 1. The minimum absolute atomic E-state index is 0.191. The quantitative estimate of drug-likeness (QED) is 0.473. The number of halogens is 1. The van der Waals surface area contributed by atoms with E-state index in [9.17, 15) is 14.0 Å². The Kier molecular flexibility index (Phi) is 5.30. The van der Waals surface area contributed by atoms with Gasteiger partial charge in [0.05, 0.1) is 28.5 Å². The number of fused-ring (bicyclic) bond motifs is 2. The molecule has 3 heterocycles. The fraction of sp³-hybridized carbons (Fsp3) is 0.160. The summed E-state index contributed by atoms with van der Waals surface area (Å²) >= 11 is 1.25. The second-order valence-corrected chi connectivity index (χ2v) is 8.67. The molecule has 0 radical (unpaired) electrons. The number of thiazole rings is 1. The number of allylic oxidation sites excluding steroid dienone is 1. The zero-order chi connectivity index (χ0) is 23.1. The first kappa shape index (κ1) is 21.1. The van der Waals surface area contributed by atoms with Crippen LogP contribution in [0.2, 0.25) is 0 Å². The summed E-state index contributed by atoms with van der Waals surface area (Å²) in [6.07, 6.45) is 1.79. The average molecular weight is 462 g/mol. The number of para-hydroxylation sites is 1. The Hall–Kier alpha value is -3.78. The summed E-state index contributed by atoms with van der Waals surface area (Å²) in [6, 6.07) is 14.9. The number of carbonyl (C=O) groups excluding carboxylic acids is 1. The molecule has 1 N–H and O–H groups in total. The zero-order valence-electron chi connectivity index (χ0n) is 18.0. The summed E-state index contributed by atoms with van der Waals surface area (Å²) in [6.45, 7) is 3.63. The third-order valence-electron chi connectivity index (χ3n) is 5.54. The van der Waals surface area contributed by atoms with Gasteiger partial charge in [0.25, 0.3) is 5.56 Å². The molecule has 4 aromatic rings. The van der Waals surface area contributed by atoms with Crippen molar-refractivity contribution in [1.82, 2.24) is 9.55 Å². The van der Waals surface area contributed by atoms with Crippen LogP contribution in [0.5, 0.6) is 0 Å². The van der Waals surface area contributed by atoms with Gasteiger partial charge in [0.2, 0.25) is 0 Å². The Bertz CT molecular complexity index is 1560. The number of aromatic amines is 1. The van der Waals surface area contributed by atoms with Gasteiger partial charge in [-0.2, -0.15) is 0 Å². The third-order valence-corrected chi connectivity index (χ3v) is 6.52. The number of aromatic nitrogens is 2. The molecular weight excluding hydrogens is 441 g/mol.